The van der Waals surface area contributed by atoms with Gasteiger partial charge in [0, 0.05) is 4.90 Å². The summed E-state index contributed by atoms with van der Waals surface area (Å²) in [5, 5.41) is 4.71. The van der Waals surface area contributed by atoms with E-state index in [0.717, 1.165) is 0 Å². The van der Waals surface area contributed by atoms with Crippen molar-refractivity contribution in [3.05, 3.63) is 53.9 Å². The fraction of sp³-hybridized carbons (Fsp3) is 0.0769. The Kier molecular flexibility index (Phi) is 2.90. The first-order chi connectivity index (χ1) is 6.90. The van der Waals surface area contributed by atoms with Crippen LogP contribution in [0.2, 0.25) is 0 Å². The molecule has 0 spiro atoms. The Morgan fingerprint density at radius 1 is 1.00 bits per heavy atom. The van der Waals surface area contributed by atoms with Crippen LogP contribution in [0.25, 0.3) is 10.8 Å². The molecule has 0 aliphatic rings. The van der Waals surface area contributed by atoms with Gasteiger partial charge in [0.05, 0.1) is 0 Å². The van der Waals surface area contributed by atoms with Crippen molar-refractivity contribution in [1.29, 1.82) is 0 Å². The van der Waals surface area contributed by atoms with Crippen LogP contribution in [0.4, 0.5) is 0 Å². The Bertz CT molecular complexity index is 457. The third kappa shape index (κ3) is 1.99. The number of hydrogen-bond donors (Lipinski definition) is 0. The van der Waals surface area contributed by atoms with Gasteiger partial charge in [0.2, 0.25) is 0 Å². The van der Waals surface area contributed by atoms with E-state index in [1.165, 1.54) is 15.7 Å². The number of rotatable bonds is 2. The lowest BCUT2D eigenvalue weighted by Crippen LogP contribution is -1.72. The average Bonchev–Trinajstić information content (AvgIpc) is 2.26. The lowest BCUT2D eigenvalue weighted by Gasteiger charge is -1.99. The molecule has 0 saturated carbocycles. The van der Waals surface area contributed by atoms with Crippen molar-refractivity contribution < 1.29 is 0 Å². The predicted octanol–water partition coefficient (Wildman–Crippen LogP) is 4.47. The highest BCUT2D eigenvalue weighted by atomic mass is 32.2. The average molecular weight is 200 g/mol. The summed E-state index contributed by atoms with van der Waals surface area (Å²) in [5.41, 5.74) is 0. The first-order valence-corrected chi connectivity index (χ1v) is 5.55. The van der Waals surface area contributed by atoms with Crippen LogP contribution in [0, 0.1) is 0 Å². The van der Waals surface area contributed by atoms with Crippen LogP contribution >= 0.6 is 11.8 Å². The fourth-order valence-corrected chi connectivity index (χ4v) is 2.02. The van der Waals surface area contributed by atoms with Crippen molar-refractivity contribution in [2.45, 2.75) is 11.8 Å². The first-order valence-electron chi connectivity index (χ1n) is 4.67. The molecule has 2 aromatic rings. The zero-order valence-corrected chi connectivity index (χ0v) is 8.92. The van der Waals surface area contributed by atoms with Crippen LogP contribution in [0.3, 0.4) is 0 Å². The summed E-state index contributed by atoms with van der Waals surface area (Å²) >= 11 is 1.75. The third-order valence-corrected chi connectivity index (χ3v) is 3.00. The number of benzene rings is 2. The normalized spacial score (nSPS) is 11.2. The molecule has 0 bridgehead atoms. The summed E-state index contributed by atoms with van der Waals surface area (Å²) in [5.74, 6) is 0. The van der Waals surface area contributed by atoms with Crippen LogP contribution in [0.1, 0.15) is 6.92 Å². The highest BCUT2D eigenvalue weighted by Crippen LogP contribution is 2.24. The molecular formula is C13H12S. The van der Waals surface area contributed by atoms with E-state index in [0.29, 0.717) is 0 Å². The zero-order valence-electron chi connectivity index (χ0n) is 8.10. The van der Waals surface area contributed by atoms with E-state index < -0.39 is 0 Å². The number of thioether (sulfide) groups is 1. The Balaban J connectivity index is 2.41. The standard InChI is InChI=1S/C13H12S/c1-2-9-14-13-8-7-11-5-3-4-6-12(11)10-13/h2-10H,1H3/b9-2-. The van der Waals surface area contributed by atoms with Gasteiger partial charge in [0.15, 0.2) is 0 Å². The summed E-state index contributed by atoms with van der Waals surface area (Å²) in [6.07, 6.45) is 2.06. The van der Waals surface area contributed by atoms with E-state index in [2.05, 4.69) is 53.9 Å². The van der Waals surface area contributed by atoms with Crippen LogP contribution in [0.15, 0.2) is 58.8 Å². The zero-order chi connectivity index (χ0) is 9.80. The minimum Gasteiger partial charge on any atom is -0.0984 e. The predicted molar refractivity (Wildman–Crippen MR) is 64.6 cm³/mol. The molecule has 0 saturated heterocycles. The van der Waals surface area contributed by atoms with Gasteiger partial charge in [-0.2, -0.15) is 0 Å². The van der Waals surface area contributed by atoms with Gasteiger partial charge in [-0.25, -0.2) is 0 Å². The van der Waals surface area contributed by atoms with E-state index in [-0.39, 0.29) is 0 Å². The molecule has 0 nitrogen and oxygen atoms in total. The first kappa shape index (κ1) is 9.35. The van der Waals surface area contributed by atoms with Gasteiger partial charge in [0.25, 0.3) is 0 Å². The van der Waals surface area contributed by atoms with Gasteiger partial charge >= 0.3 is 0 Å². The smallest absolute Gasteiger partial charge is 0.0122 e. The second-order valence-corrected chi connectivity index (χ2v) is 4.08. The van der Waals surface area contributed by atoms with Crippen molar-refractivity contribution >= 4 is 22.5 Å². The fourth-order valence-electron chi connectivity index (χ4n) is 1.39. The number of fused-ring (bicyclic) bond motifs is 1. The second-order valence-electron chi connectivity index (χ2n) is 3.10. The summed E-state index contributed by atoms with van der Waals surface area (Å²) in [7, 11) is 0. The molecule has 0 amide bonds. The molecule has 0 unspecified atom stereocenters. The summed E-state index contributed by atoms with van der Waals surface area (Å²) in [4.78, 5) is 1.29. The maximum atomic E-state index is 2.22. The maximum Gasteiger partial charge on any atom is 0.0122 e. The Hall–Kier alpha value is -1.21. The van der Waals surface area contributed by atoms with Crippen LogP contribution in [-0.4, -0.2) is 0 Å². The van der Waals surface area contributed by atoms with E-state index in [1.807, 2.05) is 6.92 Å². The molecular weight excluding hydrogens is 188 g/mol. The van der Waals surface area contributed by atoms with E-state index in [4.69, 9.17) is 0 Å². The lowest BCUT2D eigenvalue weighted by atomic mass is 10.1. The second kappa shape index (κ2) is 4.34. The van der Waals surface area contributed by atoms with Crippen molar-refractivity contribution in [3.63, 3.8) is 0 Å². The third-order valence-electron chi connectivity index (χ3n) is 2.06. The molecule has 2 aromatic carbocycles. The molecule has 0 aliphatic heterocycles. The molecule has 70 valence electrons. The number of hydrogen-bond acceptors (Lipinski definition) is 1. The van der Waals surface area contributed by atoms with Gasteiger partial charge < -0.3 is 0 Å². The molecule has 14 heavy (non-hydrogen) atoms. The van der Waals surface area contributed by atoms with Crippen LogP contribution in [0.5, 0.6) is 0 Å². The van der Waals surface area contributed by atoms with Gasteiger partial charge in [-0.3, -0.25) is 0 Å². The monoisotopic (exact) mass is 200 g/mol. The molecule has 0 aromatic heterocycles. The molecule has 0 atom stereocenters. The van der Waals surface area contributed by atoms with E-state index in [1.54, 1.807) is 11.8 Å². The minimum atomic E-state index is 1.29. The topological polar surface area (TPSA) is 0 Å². The lowest BCUT2D eigenvalue weighted by molar-refractivity contribution is 1.52. The summed E-state index contributed by atoms with van der Waals surface area (Å²) in [6.45, 7) is 2.04. The van der Waals surface area contributed by atoms with Crippen molar-refractivity contribution in [2.24, 2.45) is 0 Å². The summed E-state index contributed by atoms with van der Waals surface area (Å²) < 4.78 is 0. The van der Waals surface area contributed by atoms with Gasteiger partial charge in [-0.05, 0) is 35.2 Å². The Morgan fingerprint density at radius 2 is 1.79 bits per heavy atom. The number of allylic oxidation sites excluding steroid dienone is 1. The molecule has 0 heterocycles. The minimum absolute atomic E-state index is 1.29. The largest absolute Gasteiger partial charge is 0.0984 e. The van der Waals surface area contributed by atoms with E-state index in [9.17, 15) is 0 Å². The molecule has 0 radical (unpaired) electrons. The molecule has 1 heteroatoms. The maximum absolute atomic E-state index is 2.22. The molecule has 2 rings (SSSR count). The molecule has 0 aliphatic carbocycles. The van der Waals surface area contributed by atoms with Crippen molar-refractivity contribution in [1.82, 2.24) is 0 Å². The van der Waals surface area contributed by atoms with Crippen LogP contribution in [-0.2, 0) is 0 Å². The van der Waals surface area contributed by atoms with Crippen molar-refractivity contribution in [3.8, 4) is 0 Å². The summed E-state index contributed by atoms with van der Waals surface area (Å²) in [6, 6.07) is 15.0. The Labute approximate surface area is 88.6 Å². The molecule has 0 N–H and O–H groups in total. The van der Waals surface area contributed by atoms with Gasteiger partial charge in [-0.1, -0.05) is 48.2 Å². The highest BCUT2D eigenvalue weighted by Gasteiger charge is 1.93. The van der Waals surface area contributed by atoms with Crippen LogP contribution < -0.4 is 0 Å². The molecule has 0 fully saturated rings. The van der Waals surface area contributed by atoms with Gasteiger partial charge in [0.1, 0.15) is 0 Å². The quantitative estimate of drug-likeness (QED) is 0.645. The van der Waals surface area contributed by atoms with Crippen molar-refractivity contribution in [2.75, 3.05) is 0 Å². The SMILES string of the molecule is C/C=C\Sc1ccc2ccccc2c1. The Morgan fingerprint density at radius 3 is 2.57 bits per heavy atom. The van der Waals surface area contributed by atoms with E-state index >= 15 is 0 Å². The van der Waals surface area contributed by atoms with Gasteiger partial charge in [-0.15, -0.1) is 0 Å². The highest BCUT2D eigenvalue weighted by molar-refractivity contribution is 8.02.